The number of hydrogen-bond donors (Lipinski definition) is 0. The number of fused-ring (bicyclic) bond motifs is 6. The lowest BCUT2D eigenvalue weighted by Gasteiger charge is -2.12. The van der Waals surface area contributed by atoms with Gasteiger partial charge >= 0.3 is 0 Å². The van der Waals surface area contributed by atoms with Crippen molar-refractivity contribution >= 4 is 43.6 Å². The summed E-state index contributed by atoms with van der Waals surface area (Å²) in [5.41, 5.74) is 18.3. The molecule has 58 heavy (non-hydrogen) atoms. The van der Waals surface area contributed by atoms with Crippen molar-refractivity contribution in [3.05, 3.63) is 218 Å². The third kappa shape index (κ3) is 5.73. The van der Waals surface area contributed by atoms with Crippen LogP contribution in [0.2, 0.25) is 0 Å². The normalized spacial score (nSPS) is 11.6. The van der Waals surface area contributed by atoms with Crippen molar-refractivity contribution in [3.63, 3.8) is 0 Å². The molecule has 2 aromatic heterocycles. The molecule has 0 radical (unpaired) electrons. The summed E-state index contributed by atoms with van der Waals surface area (Å²) in [4.78, 5) is 0. The highest BCUT2D eigenvalue weighted by Gasteiger charge is 2.17. The van der Waals surface area contributed by atoms with E-state index in [0.717, 1.165) is 12.1 Å². The molecule has 2 heteroatoms. The van der Waals surface area contributed by atoms with Gasteiger partial charge in [-0.3, -0.25) is 0 Å². The Kier molecular flexibility index (Phi) is 8.15. The Morgan fingerprint density at radius 2 is 0.707 bits per heavy atom. The monoisotopic (exact) mass is 740 g/mol. The van der Waals surface area contributed by atoms with Gasteiger partial charge in [-0.15, -0.1) is 0 Å². The maximum atomic E-state index is 2.42. The number of nitrogens with zero attached hydrogens (tertiary/aromatic N) is 2. The van der Waals surface area contributed by atoms with Crippen LogP contribution in [0.3, 0.4) is 0 Å². The number of rotatable bonds is 7. The van der Waals surface area contributed by atoms with Crippen molar-refractivity contribution in [1.29, 1.82) is 0 Å². The van der Waals surface area contributed by atoms with Gasteiger partial charge in [0.05, 0.1) is 22.1 Å². The van der Waals surface area contributed by atoms with Crippen molar-refractivity contribution < 1.29 is 0 Å². The molecule has 0 aliphatic heterocycles. The molecule has 0 bridgehead atoms. The average molecular weight is 741 g/mol. The van der Waals surface area contributed by atoms with E-state index in [0.29, 0.717) is 0 Å². The van der Waals surface area contributed by atoms with Gasteiger partial charge in [0.2, 0.25) is 0 Å². The van der Waals surface area contributed by atoms with E-state index in [1.807, 2.05) is 0 Å². The average Bonchev–Trinajstić information content (AvgIpc) is 3.82. The Hall–Kier alpha value is -7.42. The van der Waals surface area contributed by atoms with Gasteiger partial charge in [-0.1, -0.05) is 153 Å². The molecule has 0 aliphatic rings. The first-order valence-corrected chi connectivity index (χ1v) is 20.2. The highest BCUT2D eigenvalue weighted by atomic mass is 15.0. The molecule has 274 valence electrons. The third-order valence-corrected chi connectivity index (χ3v) is 11.9. The lowest BCUT2D eigenvalue weighted by atomic mass is 9.99. The highest BCUT2D eigenvalue weighted by molar-refractivity contribution is 6.12. The minimum atomic E-state index is 1.03. The van der Waals surface area contributed by atoms with Crippen LogP contribution in [0, 0.1) is 0 Å². The first-order chi connectivity index (χ1) is 28.7. The number of benzene rings is 9. The fraction of sp³-hybridized carbons (Fsp3) is 0.0357. The van der Waals surface area contributed by atoms with Crippen LogP contribution in [-0.2, 0) is 6.42 Å². The maximum Gasteiger partial charge on any atom is 0.0541 e. The van der Waals surface area contributed by atoms with Crippen LogP contribution < -0.4 is 0 Å². The fourth-order valence-corrected chi connectivity index (χ4v) is 8.97. The predicted molar refractivity (Wildman–Crippen MR) is 246 cm³/mol. The minimum Gasteiger partial charge on any atom is -0.309 e. The molecule has 0 N–H and O–H groups in total. The van der Waals surface area contributed by atoms with Crippen LogP contribution in [0.1, 0.15) is 12.5 Å². The fourth-order valence-electron chi connectivity index (χ4n) is 8.97. The lowest BCUT2D eigenvalue weighted by molar-refractivity contribution is 1.14. The summed E-state index contributed by atoms with van der Waals surface area (Å²) in [6.45, 7) is 2.21. The van der Waals surface area contributed by atoms with Crippen LogP contribution >= 0.6 is 0 Å². The summed E-state index contributed by atoms with van der Waals surface area (Å²) in [7, 11) is 0. The van der Waals surface area contributed by atoms with Crippen LogP contribution in [0.4, 0.5) is 0 Å². The molecule has 0 amide bonds. The molecule has 0 saturated carbocycles. The van der Waals surface area contributed by atoms with Crippen LogP contribution in [0.15, 0.2) is 212 Å². The number of para-hydroxylation sites is 2. The molecule has 11 aromatic rings. The Balaban J connectivity index is 0.985. The van der Waals surface area contributed by atoms with Gasteiger partial charge in [0, 0.05) is 32.9 Å². The number of hydrogen-bond acceptors (Lipinski definition) is 0. The molecular formula is C56H40N2. The molecule has 0 saturated heterocycles. The van der Waals surface area contributed by atoms with Gasteiger partial charge in [0.15, 0.2) is 0 Å². The van der Waals surface area contributed by atoms with Crippen LogP contribution in [0.5, 0.6) is 0 Å². The predicted octanol–water partition coefficient (Wildman–Crippen LogP) is 15.1. The topological polar surface area (TPSA) is 9.86 Å². The van der Waals surface area contributed by atoms with Gasteiger partial charge in [0.25, 0.3) is 0 Å². The summed E-state index contributed by atoms with van der Waals surface area (Å²) >= 11 is 0. The Bertz CT molecular complexity index is 3310. The van der Waals surface area contributed by atoms with E-state index in [4.69, 9.17) is 0 Å². The summed E-state index contributed by atoms with van der Waals surface area (Å²) in [5.74, 6) is 0. The highest BCUT2D eigenvalue weighted by Crippen LogP contribution is 2.39. The van der Waals surface area contributed by atoms with Gasteiger partial charge in [-0.05, 0) is 123 Å². The molecule has 2 nitrogen and oxygen atoms in total. The smallest absolute Gasteiger partial charge is 0.0541 e. The van der Waals surface area contributed by atoms with E-state index in [9.17, 15) is 0 Å². The van der Waals surface area contributed by atoms with Crippen molar-refractivity contribution in [2.24, 2.45) is 0 Å². The van der Waals surface area contributed by atoms with Crippen molar-refractivity contribution in [2.75, 3.05) is 0 Å². The second-order valence-corrected chi connectivity index (χ2v) is 15.3. The van der Waals surface area contributed by atoms with Gasteiger partial charge in [-0.2, -0.15) is 0 Å². The molecule has 0 aliphatic carbocycles. The number of aryl methyl sites for hydroxylation is 1. The van der Waals surface area contributed by atoms with Gasteiger partial charge in [-0.25, -0.2) is 0 Å². The Morgan fingerprint density at radius 3 is 1.33 bits per heavy atom. The van der Waals surface area contributed by atoms with Crippen molar-refractivity contribution in [2.45, 2.75) is 13.3 Å². The zero-order chi connectivity index (χ0) is 38.6. The molecule has 11 rings (SSSR count). The first kappa shape index (κ1) is 33.9. The standard InChI is InChI=1S/C56H40N2/c1-2-38-13-10-16-41(33-38)44-19-12-20-48(35-44)58-54-24-9-7-22-50(54)52-37-46(28-32-56(52)58)45-27-31-55-51(36-45)49-21-6-8-23-53(49)57(55)47-29-25-40(26-30-47)43-18-11-17-42(34-43)39-14-4-3-5-15-39/h3-37H,2H2,1H3. The summed E-state index contributed by atoms with van der Waals surface area (Å²) in [6.07, 6.45) is 1.03. The zero-order valence-electron chi connectivity index (χ0n) is 32.3. The van der Waals surface area contributed by atoms with E-state index in [1.165, 1.54) is 99.4 Å². The van der Waals surface area contributed by atoms with Gasteiger partial charge < -0.3 is 9.13 Å². The zero-order valence-corrected chi connectivity index (χ0v) is 32.3. The molecule has 0 atom stereocenters. The maximum absolute atomic E-state index is 2.42. The largest absolute Gasteiger partial charge is 0.309 e. The van der Waals surface area contributed by atoms with Crippen LogP contribution in [0.25, 0.3) is 99.5 Å². The van der Waals surface area contributed by atoms with Gasteiger partial charge in [0.1, 0.15) is 0 Å². The van der Waals surface area contributed by atoms with Crippen molar-refractivity contribution in [3.8, 4) is 55.9 Å². The van der Waals surface area contributed by atoms with E-state index >= 15 is 0 Å². The van der Waals surface area contributed by atoms with E-state index in [2.05, 4.69) is 228 Å². The van der Waals surface area contributed by atoms with Crippen LogP contribution in [-0.4, -0.2) is 9.13 Å². The quantitative estimate of drug-likeness (QED) is 0.154. The lowest BCUT2D eigenvalue weighted by Crippen LogP contribution is -1.94. The molecule has 0 unspecified atom stereocenters. The molecule has 0 spiro atoms. The van der Waals surface area contributed by atoms with Crippen molar-refractivity contribution in [1.82, 2.24) is 9.13 Å². The third-order valence-electron chi connectivity index (χ3n) is 11.9. The molecule has 0 fully saturated rings. The minimum absolute atomic E-state index is 1.03. The second-order valence-electron chi connectivity index (χ2n) is 15.3. The van der Waals surface area contributed by atoms with E-state index in [-0.39, 0.29) is 0 Å². The van der Waals surface area contributed by atoms with E-state index < -0.39 is 0 Å². The Morgan fingerprint density at radius 1 is 0.276 bits per heavy atom. The molecule has 9 aromatic carbocycles. The summed E-state index contributed by atoms with van der Waals surface area (Å²) in [6, 6.07) is 77.8. The summed E-state index contributed by atoms with van der Waals surface area (Å²) in [5, 5.41) is 5.01. The molecular weight excluding hydrogens is 701 g/mol. The number of aromatic nitrogens is 2. The Labute approximate surface area is 338 Å². The first-order valence-electron chi connectivity index (χ1n) is 20.2. The summed E-state index contributed by atoms with van der Waals surface area (Å²) < 4.78 is 4.83. The molecule has 2 heterocycles. The van der Waals surface area contributed by atoms with E-state index in [1.54, 1.807) is 0 Å². The SMILES string of the molecule is CCc1cccc(-c2cccc(-n3c4ccccc4c4cc(-c5ccc6c(c5)c5ccccc5n6-c5ccc(-c6cccc(-c7ccccc7)c6)cc5)ccc43)c2)c1. The second kappa shape index (κ2) is 14.0.